The molecule has 3 nitrogen and oxygen atoms in total. The van der Waals surface area contributed by atoms with Crippen LogP contribution in [0.4, 0.5) is 0 Å². The standard InChI is InChI=1S/C16H25BrN2O/c1-4-14(18)16(12-6-5-7-13(17)10-12)19(3)15-8-9-20-11(15)2/h5-7,10-11,14-16H,4,8-9,18H2,1-3H3. The molecule has 1 aliphatic rings. The molecule has 0 saturated carbocycles. The van der Waals surface area contributed by atoms with Gasteiger partial charge in [0.2, 0.25) is 0 Å². The predicted octanol–water partition coefficient (Wildman–Crippen LogP) is 3.34. The van der Waals surface area contributed by atoms with Gasteiger partial charge in [-0.05, 0) is 44.5 Å². The molecule has 0 aliphatic carbocycles. The van der Waals surface area contributed by atoms with Crippen molar-refractivity contribution in [2.45, 2.75) is 50.9 Å². The summed E-state index contributed by atoms with van der Waals surface area (Å²) in [5.41, 5.74) is 7.69. The van der Waals surface area contributed by atoms with Crippen LogP contribution in [0.1, 0.15) is 38.3 Å². The molecule has 0 radical (unpaired) electrons. The van der Waals surface area contributed by atoms with Crippen molar-refractivity contribution in [2.75, 3.05) is 13.7 Å². The van der Waals surface area contributed by atoms with Crippen molar-refractivity contribution in [1.82, 2.24) is 4.90 Å². The molecule has 1 aliphatic heterocycles. The van der Waals surface area contributed by atoms with Crippen molar-refractivity contribution in [3.63, 3.8) is 0 Å². The molecule has 0 bridgehead atoms. The van der Waals surface area contributed by atoms with E-state index in [9.17, 15) is 0 Å². The topological polar surface area (TPSA) is 38.5 Å². The maximum Gasteiger partial charge on any atom is 0.0703 e. The van der Waals surface area contributed by atoms with E-state index in [0.29, 0.717) is 6.04 Å². The minimum absolute atomic E-state index is 0.127. The summed E-state index contributed by atoms with van der Waals surface area (Å²) in [4.78, 5) is 2.41. The van der Waals surface area contributed by atoms with Crippen LogP contribution < -0.4 is 5.73 Å². The molecule has 0 spiro atoms. The molecule has 1 aromatic carbocycles. The van der Waals surface area contributed by atoms with Gasteiger partial charge in [-0.15, -0.1) is 0 Å². The second-order valence-electron chi connectivity index (χ2n) is 5.67. The Labute approximate surface area is 130 Å². The Hall–Kier alpha value is -0.420. The van der Waals surface area contributed by atoms with E-state index in [4.69, 9.17) is 10.5 Å². The quantitative estimate of drug-likeness (QED) is 0.893. The van der Waals surface area contributed by atoms with Crippen molar-refractivity contribution in [3.8, 4) is 0 Å². The fraction of sp³-hybridized carbons (Fsp3) is 0.625. The Balaban J connectivity index is 2.27. The number of halogens is 1. The molecule has 112 valence electrons. The maximum atomic E-state index is 6.42. The van der Waals surface area contributed by atoms with Gasteiger partial charge >= 0.3 is 0 Å². The molecule has 2 rings (SSSR count). The lowest BCUT2D eigenvalue weighted by Crippen LogP contribution is -2.46. The lowest BCUT2D eigenvalue weighted by molar-refractivity contribution is 0.0608. The highest BCUT2D eigenvalue weighted by atomic mass is 79.9. The van der Waals surface area contributed by atoms with Crippen LogP contribution in [0.25, 0.3) is 0 Å². The van der Waals surface area contributed by atoms with Gasteiger partial charge in [-0.2, -0.15) is 0 Å². The third-order valence-electron chi connectivity index (χ3n) is 4.37. The Morgan fingerprint density at radius 3 is 2.80 bits per heavy atom. The van der Waals surface area contributed by atoms with Crippen molar-refractivity contribution < 1.29 is 4.74 Å². The van der Waals surface area contributed by atoms with Crippen molar-refractivity contribution in [2.24, 2.45) is 5.73 Å². The Morgan fingerprint density at radius 2 is 2.25 bits per heavy atom. The first-order valence-corrected chi connectivity index (χ1v) is 8.18. The SMILES string of the molecule is CCC(N)C(c1cccc(Br)c1)N(C)C1CCOC1C. The van der Waals surface area contributed by atoms with Gasteiger partial charge in [0.1, 0.15) is 0 Å². The van der Waals surface area contributed by atoms with Crippen LogP contribution in [-0.2, 0) is 4.74 Å². The molecule has 1 saturated heterocycles. The minimum Gasteiger partial charge on any atom is -0.377 e. The number of rotatable bonds is 5. The van der Waals surface area contributed by atoms with Gasteiger partial charge < -0.3 is 10.5 Å². The van der Waals surface area contributed by atoms with E-state index in [1.54, 1.807) is 0 Å². The molecule has 4 unspecified atom stereocenters. The number of likely N-dealkylation sites (N-methyl/N-ethyl adjacent to an activating group) is 1. The van der Waals surface area contributed by atoms with Crippen LogP contribution in [0, 0.1) is 0 Å². The van der Waals surface area contributed by atoms with E-state index < -0.39 is 0 Å². The summed E-state index contributed by atoms with van der Waals surface area (Å²) in [7, 11) is 2.18. The lowest BCUT2D eigenvalue weighted by atomic mass is 9.94. The molecule has 0 aromatic heterocycles. The molecular weight excluding hydrogens is 316 g/mol. The van der Waals surface area contributed by atoms with Crippen LogP contribution in [0.2, 0.25) is 0 Å². The summed E-state index contributed by atoms with van der Waals surface area (Å²) < 4.78 is 6.82. The number of hydrogen-bond acceptors (Lipinski definition) is 3. The molecular formula is C16H25BrN2O. The zero-order chi connectivity index (χ0) is 14.7. The van der Waals surface area contributed by atoms with Crippen LogP contribution in [0.3, 0.4) is 0 Å². The van der Waals surface area contributed by atoms with Crippen LogP contribution in [0.5, 0.6) is 0 Å². The average molecular weight is 341 g/mol. The summed E-state index contributed by atoms with van der Waals surface area (Å²) in [6.45, 7) is 5.16. The Bertz CT molecular complexity index is 440. The monoisotopic (exact) mass is 340 g/mol. The van der Waals surface area contributed by atoms with Gasteiger partial charge in [0.15, 0.2) is 0 Å². The number of nitrogens with two attached hydrogens (primary N) is 1. The molecule has 4 heteroatoms. The molecule has 1 fully saturated rings. The minimum atomic E-state index is 0.127. The van der Waals surface area contributed by atoms with Gasteiger partial charge in [-0.3, -0.25) is 4.90 Å². The summed E-state index contributed by atoms with van der Waals surface area (Å²) in [5, 5.41) is 0. The lowest BCUT2D eigenvalue weighted by Gasteiger charge is -2.38. The highest BCUT2D eigenvalue weighted by Gasteiger charge is 2.34. The van der Waals surface area contributed by atoms with Gasteiger partial charge in [-0.25, -0.2) is 0 Å². The van der Waals surface area contributed by atoms with Crippen LogP contribution in [-0.4, -0.2) is 36.7 Å². The zero-order valence-electron chi connectivity index (χ0n) is 12.6. The molecule has 0 amide bonds. The van der Waals surface area contributed by atoms with E-state index in [1.165, 1.54) is 5.56 Å². The van der Waals surface area contributed by atoms with Crippen molar-refractivity contribution >= 4 is 15.9 Å². The van der Waals surface area contributed by atoms with E-state index in [0.717, 1.165) is 23.9 Å². The van der Waals surface area contributed by atoms with Gasteiger partial charge in [0, 0.05) is 29.2 Å². The number of ether oxygens (including phenoxy) is 1. The third-order valence-corrected chi connectivity index (χ3v) is 4.86. The zero-order valence-corrected chi connectivity index (χ0v) is 14.1. The molecule has 4 atom stereocenters. The number of nitrogens with zero attached hydrogens (tertiary/aromatic N) is 1. The molecule has 20 heavy (non-hydrogen) atoms. The van der Waals surface area contributed by atoms with E-state index in [2.05, 4.69) is 66.0 Å². The van der Waals surface area contributed by atoms with Gasteiger partial charge in [-0.1, -0.05) is 35.0 Å². The smallest absolute Gasteiger partial charge is 0.0703 e. The summed E-state index contributed by atoms with van der Waals surface area (Å²) in [6, 6.07) is 9.28. The summed E-state index contributed by atoms with van der Waals surface area (Å²) >= 11 is 3.56. The van der Waals surface area contributed by atoms with Crippen molar-refractivity contribution in [1.29, 1.82) is 0 Å². The first-order valence-electron chi connectivity index (χ1n) is 7.39. The maximum absolute atomic E-state index is 6.42. The van der Waals surface area contributed by atoms with Gasteiger partial charge in [0.05, 0.1) is 6.10 Å². The highest BCUT2D eigenvalue weighted by Crippen LogP contribution is 2.31. The van der Waals surface area contributed by atoms with E-state index >= 15 is 0 Å². The van der Waals surface area contributed by atoms with Crippen molar-refractivity contribution in [3.05, 3.63) is 34.3 Å². The van der Waals surface area contributed by atoms with Crippen LogP contribution in [0.15, 0.2) is 28.7 Å². The first kappa shape index (κ1) is 16.0. The number of hydrogen-bond donors (Lipinski definition) is 1. The van der Waals surface area contributed by atoms with Gasteiger partial charge in [0.25, 0.3) is 0 Å². The van der Waals surface area contributed by atoms with Crippen LogP contribution >= 0.6 is 15.9 Å². The fourth-order valence-electron chi connectivity index (χ4n) is 3.16. The largest absolute Gasteiger partial charge is 0.377 e. The third kappa shape index (κ3) is 3.42. The molecule has 1 aromatic rings. The number of benzene rings is 1. The summed E-state index contributed by atoms with van der Waals surface area (Å²) in [6.07, 6.45) is 2.32. The Kier molecular flexibility index (Phi) is 5.61. The normalized spacial score (nSPS) is 25.9. The average Bonchev–Trinajstić information content (AvgIpc) is 2.85. The fourth-order valence-corrected chi connectivity index (χ4v) is 3.58. The second kappa shape index (κ2) is 7.03. The summed E-state index contributed by atoms with van der Waals surface area (Å²) in [5.74, 6) is 0. The highest BCUT2D eigenvalue weighted by molar-refractivity contribution is 9.10. The Morgan fingerprint density at radius 1 is 1.50 bits per heavy atom. The molecule has 2 N–H and O–H groups in total. The predicted molar refractivity (Wildman–Crippen MR) is 86.7 cm³/mol. The van der Waals surface area contributed by atoms with E-state index in [-0.39, 0.29) is 18.2 Å². The van der Waals surface area contributed by atoms with E-state index in [1.807, 2.05) is 0 Å². The molecule has 1 heterocycles. The first-order chi connectivity index (χ1) is 9.54. The second-order valence-corrected chi connectivity index (χ2v) is 6.59.